The Bertz CT molecular complexity index is 188. The lowest BCUT2D eigenvalue weighted by atomic mass is 10.2. The van der Waals surface area contributed by atoms with E-state index in [4.69, 9.17) is 0 Å². The number of allylic oxidation sites excluding steroid dienone is 1. The summed E-state index contributed by atoms with van der Waals surface area (Å²) < 4.78 is 0. The van der Waals surface area contributed by atoms with Gasteiger partial charge in [0, 0.05) is 12.5 Å². The van der Waals surface area contributed by atoms with Crippen LogP contribution in [0.3, 0.4) is 0 Å². The number of nitrogens with one attached hydrogen (secondary N) is 1. The van der Waals surface area contributed by atoms with Crippen molar-refractivity contribution in [2.45, 2.75) is 33.1 Å². The average molecular weight is 167 g/mol. The summed E-state index contributed by atoms with van der Waals surface area (Å²) >= 11 is 0. The molecule has 0 aromatic rings. The van der Waals surface area contributed by atoms with Crippen LogP contribution in [0.4, 0.5) is 0 Å². The number of hydrogen-bond acceptors (Lipinski definition) is 1. The van der Waals surface area contributed by atoms with Crippen LogP contribution in [-0.2, 0) is 4.79 Å². The zero-order valence-electron chi connectivity index (χ0n) is 7.89. The molecule has 0 atom stereocenters. The van der Waals surface area contributed by atoms with E-state index in [1.165, 1.54) is 5.57 Å². The zero-order chi connectivity index (χ0) is 8.97. The predicted molar refractivity (Wildman–Crippen MR) is 49.8 cm³/mol. The first kappa shape index (κ1) is 9.30. The van der Waals surface area contributed by atoms with Crippen LogP contribution in [0.1, 0.15) is 33.1 Å². The smallest absolute Gasteiger partial charge is 0.223 e. The highest BCUT2D eigenvalue weighted by Gasteiger charge is 2.28. The van der Waals surface area contributed by atoms with Gasteiger partial charge in [0.15, 0.2) is 0 Å². The minimum Gasteiger partial charge on any atom is -0.356 e. The molecule has 1 saturated carbocycles. The van der Waals surface area contributed by atoms with Gasteiger partial charge < -0.3 is 5.32 Å². The van der Waals surface area contributed by atoms with Gasteiger partial charge in [0.25, 0.3) is 0 Å². The number of amides is 1. The van der Waals surface area contributed by atoms with E-state index < -0.39 is 0 Å². The topological polar surface area (TPSA) is 29.1 Å². The molecule has 1 aliphatic rings. The van der Waals surface area contributed by atoms with Crippen molar-refractivity contribution < 1.29 is 4.79 Å². The second kappa shape index (κ2) is 4.29. The van der Waals surface area contributed by atoms with Gasteiger partial charge in [-0.25, -0.2) is 0 Å². The third-order valence-electron chi connectivity index (χ3n) is 1.94. The van der Waals surface area contributed by atoms with Crippen molar-refractivity contribution in [2.75, 3.05) is 6.54 Å². The molecule has 0 unspecified atom stereocenters. The summed E-state index contributed by atoms with van der Waals surface area (Å²) in [5.41, 5.74) is 1.32. The molecule has 12 heavy (non-hydrogen) atoms. The molecule has 0 spiro atoms. The van der Waals surface area contributed by atoms with E-state index in [2.05, 4.69) is 25.2 Å². The first-order valence-corrected chi connectivity index (χ1v) is 4.61. The van der Waals surface area contributed by atoms with Crippen LogP contribution in [0.25, 0.3) is 0 Å². The van der Waals surface area contributed by atoms with Gasteiger partial charge >= 0.3 is 0 Å². The Labute approximate surface area is 74.0 Å². The molecule has 0 aliphatic heterocycles. The molecule has 1 rings (SSSR count). The second-order valence-corrected chi connectivity index (χ2v) is 3.64. The maximum atomic E-state index is 11.1. The molecule has 2 nitrogen and oxygen atoms in total. The van der Waals surface area contributed by atoms with E-state index in [1.807, 2.05) is 0 Å². The Hall–Kier alpha value is -0.790. The maximum absolute atomic E-state index is 11.1. The van der Waals surface area contributed by atoms with Crippen LogP contribution in [0.15, 0.2) is 11.6 Å². The quantitative estimate of drug-likeness (QED) is 0.502. The van der Waals surface area contributed by atoms with Crippen molar-refractivity contribution in [1.29, 1.82) is 0 Å². The molecule has 0 aromatic heterocycles. The van der Waals surface area contributed by atoms with E-state index in [0.29, 0.717) is 5.92 Å². The molecular formula is C10H17NO. The van der Waals surface area contributed by atoms with E-state index in [9.17, 15) is 4.79 Å². The number of hydrogen-bond donors (Lipinski definition) is 1. The lowest BCUT2D eigenvalue weighted by molar-refractivity contribution is -0.122. The molecule has 1 aliphatic carbocycles. The van der Waals surface area contributed by atoms with Crippen molar-refractivity contribution >= 4 is 5.91 Å². The Kier molecular flexibility index (Phi) is 3.32. The van der Waals surface area contributed by atoms with Gasteiger partial charge in [-0.2, -0.15) is 0 Å². The lowest BCUT2D eigenvalue weighted by Crippen LogP contribution is -2.25. The van der Waals surface area contributed by atoms with Gasteiger partial charge in [-0.1, -0.05) is 11.6 Å². The van der Waals surface area contributed by atoms with Gasteiger partial charge in [-0.05, 0) is 33.1 Å². The minimum atomic E-state index is 0.247. The average Bonchev–Trinajstić information content (AvgIpc) is 2.79. The first-order valence-electron chi connectivity index (χ1n) is 4.61. The van der Waals surface area contributed by atoms with Gasteiger partial charge in [-0.15, -0.1) is 0 Å². The maximum Gasteiger partial charge on any atom is 0.223 e. The van der Waals surface area contributed by atoms with Gasteiger partial charge in [0.2, 0.25) is 5.91 Å². The molecule has 0 saturated heterocycles. The van der Waals surface area contributed by atoms with E-state index in [-0.39, 0.29) is 5.91 Å². The van der Waals surface area contributed by atoms with Crippen LogP contribution in [-0.4, -0.2) is 12.5 Å². The van der Waals surface area contributed by atoms with Crippen molar-refractivity contribution in [3.8, 4) is 0 Å². The third kappa shape index (κ3) is 3.56. The number of rotatable bonds is 4. The predicted octanol–water partition coefficient (Wildman–Crippen LogP) is 1.87. The minimum absolute atomic E-state index is 0.247. The standard InChI is InChI=1S/C10H17NO/c1-8(2)4-3-7-11-10(12)9-5-6-9/h4,9H,3,5-7H2,1-2H3,(H,11,12). The van der Waals surface area contributed by atoms with Gasteiger partial charge in [0.1, 0.15) is 0 Å². The summed E-state index contributed by atoms with van der Waals surface area (Å²) in [5, 5.41) is 2.92. The fraction of sp³-hybridized carbons (Fsp3) is 0.700. The highest BCUT2D eigenvalue weighted by Crippen LogP contribution is 2.28. The van der Waals surface area contributed by atoms with Crippen molar-refractivity contribution in [3.63, 3.8) is 0 Å². The van der Waals surface area contributed by atoms with E-state index in [1.54, 1.807) is 0 Å². The SMILES string of the molecule is CC(C)=CCCNC(=O)C1CC1. The zero-order valence-corrected chi connectivity index (χ0v) is 7.89. The summed E-state index contributed by atoms with van der Waals surface area (Å²) in [6.45, 7) is 4.94. The fourth-order valence-electron chi connectivity index (χ4n) is 1.05. The molecule has 1 N–H and O–H groups in total. The first-order chi connectivity index (χ1) is 5.70. The Morgan fingerprint density at radius 1 is 1.50 bits per heavy atom. The Morgan fingerprint density at radius 3 is 2.67 bits per heavy atom. The van der Waals surface area contributed by atoms with Crippen LogP contribution in [0.2, 0.25) is 0 Å². The van der Waals surface area contributed by atoms with Crippen molar-refractivity contribution in [2.24, 2.45) is 5.92 Å². The molecule has 2 heteroatoms. The Balaban J connectivity index is 2.01. The van der Waals surface area contributed by atoms with Crippen molar-refractivity contribution in [1.82, 2.24) is 5.32 Å². The van der Waals surface area contributed by atoms with Crippen LogP contribution >= 0.6 is 0 Å². The highest BCUT2D eigenvalue weighted by molar-refractivity contribution is 5.80. The summed E-state index contributed by atoms with van der Waals surface area (Å²) in [7, 11) is 0. The largest absolute Gasteiger partial charge is 0.356 e. The third-order valence-corrected chi connectivity index (χ3v) is 1.94. The molecule has 0 heterocycles. The van der Waals surface area contributed by atoms with Gasteiger partial charge in [-0.3, -0.25) is 4.79 Å². The molecule has 68 valence electrons. The van der Waals surface area contributed by atoms with Crippen molar-refractivity contribution in [3.05, 3.63) is 11.6 Å². The van der Waals surface area contributed by atoms with Gasteiger partial charge in [0.05, 0.1) is 0 Å². The van der Waals surface area contributed by atoms with Crippen LogP contribution in [0.5, 0.6) is 0 Å². The molecular weight excluding hydrogens is 150 g/mol. The molecule has 0 radical (unpaired) electrons. The van der Waals surface area contributed by atoms with E-state index in [0.717, 1.165) is 25.8 Å². The van der Waals surface area contributed by atoms with E-state index >= 15 is 0 Å². The Morgan fingerprint density at radius 2 is 2.17 bits per heavy atom. The summed E-state index contributed by atoms with van der Waals surface area (Å²) in [4.78, 5) is 11.1. The van der Waals surface area contributed by atoms with Crippen LogP contribution in [0, 0.1) is 5.92 Å². The van der Waals surface area contributed by atoms with Crippen LogP contribution < -0.4 is 5.32 Å². The summed E-state index contributed by atoms with van der Waals surface area (Å²) in [6.07, 6.45) is 5.29. The monoisotopic (exact) mass is 167 g/mol. The fourth-order valence-corrected chi connectivity index (χ4v) is 1.05. The molecule has 1 fully saturated rings. The molecule has 1 amide bonds. The summed E-state index contributed by atoms with van der Waals surface area (Å²) in [5.74, 6) is 0.592. The number of carbonyl (C=O) groups excluding carboxylic acids is 1. The molecule has 0 bridgehead atoms. The summed E-state index contributed by atoms with van der Waals surface area (Å²) in [6, 6.07) is 0. The highest BCUT2D eigenvalue weighted by atomic mass is 16.2. The lowest BCUT2D eigenvalue weighted by Gasteiger charge is -2.00. The number of carbonyl (C=O) groups is 1. The normalized spacial score (nSPS) is 15.5. The second-order valence-electron chi connectivity index (χ2n) is 3.64. The molecule has 0 aromatic carbocycles.